The van der Waals surface area contributed by atoms with E-state index in [1.165, 1.54) is 5.56 Å². The quantitative estimate of drug-likeness (QED) is 0.885. The van der Waals surface area contributed by atoms with Gasteiger partial charge in [-0.2, -0.15) is 0 Å². The predicted octanol–water partition coefficient (Wildman–Crippen LogP) is 3.26. The van der Waals surface area contributed by atoms with Crippen molar-refractivity contribution in [1.82, 2.24) is 10.3 Å². The second kappa shape index (κ2) is 7.09. The van der Waals surface area contributed by atoms with E-state index in [2.05, 4.69) is 42.3 Å². The van der Waals surface area contributed by atoms with Crippen LogP contribution in [0.5, 0.6) is 11.6 Å². The lowest BCUT2D eigenvalue weighted by Gasteiger charge is -2.18. The minimum Gasteiger partial charge on any atom is -0.496 e. The summed E-state index contributed by atoms with van der Waals surface area (Å²) in [5, 5.41) is 3.50. The molecule has 4 heteroatoms. The SMILES string of the molecule is COc1cc(CNC(C)c2ccc(C)cc2OC)ccn1. The lowest BCUT2D eigenvalue weighted by molar-refractivity contribution is 0.395. The second-order valence-electron chi connectivity index (χ2n) is 5.05. The minimum absolute atomic E-state index is 0.194. The zero-order chi connectivity index (χ0) is 15.2. The molecule has 4 nitrogen and oxygen atoms in total. The van der Waals surface area contributed by atoms with Gasteiger partial charge in [0.25, 0.3) is 0 Å². The molecule has 0 bridgehead atoms. The van der Waals surface area contributed by atoms with Crippen molar-refractivity contribution < 1.29 is 9.47 Å². The Kier molecular flexibility index (Phi) is 5.17. The van der Waals surface area contributed by atoms with Crippen LogP contribution >= 0.6 is 0 Å². The van der Waals surface area contributed by atoms with Gasteiger partial charge in [0.1, 0.15) is 5.75 Å². The van der Waals surface area contributed by atoms with Gasteiger partial charge >= 0.3 is 0 Å². The summed E-state index contributed by atoms with van der Waals surface area (Å²) < 4.78 is 10.6. The van der Waals surface area contributed by atoms with E-state index in [-0.39, 0.29) is 6.04 Å². The Hall–Kier alpha value is -2.07. The van der Waals surface area contributed by atoms with E-state index in [4.69, 9.17) is 9.47 Å². The maximum Gasteiger partial charge on any atom is 0.213 e. The van der Waals surface area contributed by atoms with Crippen LogP contribution in [0.3, 0.4) is 0 Å². The van der Waals surface area contributed by atoms with Gasteiger partial charge in [-0.05, 0) is 37.1 Å². The van der Waals surface area contributed by atoms with Gasteiger partial charge in [-0.15, -0.1) is 0 Å². The summed E-state index contributed by atoms with van der Waals surface area (Å²) in [5.74, 6) is 1.55. The van der Waals surface area contributed by atoms with Crippen LogP contribution in [0.15, 0.2) is 36.5 Å². The van der Waals surface area contributed by atoms with Crippen LogP contribution in [0.1, 0.15) is 29.7 Å². The first-order valence-electron chi connectivity index (χ1n) is 7.01. The van der Waals surface area contributed by atoms with Crippen LogP contribution in [0.2, 0.25) is 0 Å². The largest absolute Gasteiger partial charge is 0.496 e. The van der Waals surface area contributed by atoms with Crippen molar-refractivity contribution in [3.8, 4) is 11.6 Å². The summed E-state index contributed by atoms with van der Waals surface area (Å²) >= 11 is 0. The summed E-state index contributed by atoms with van der Waals surface area (Å²) in [4.78, 5) is 4.11. The van der Waals surface area contributed by atoms with Crippen LogP contribution in [0.25, 0.3) is 0 Å². The van der Waals surface area contributed by atoms with Gasteiger partial charge in [-0.25, -0.2) is 4.98 Å². The molecule has 112 valence electrons. The summed E-state index contributed by atoms with van der Waals surface area (Å²) in [6.45, 7) is 4.94. The molecule has 0 amide bonds. The Balaban J connectivity index is 2.06. The first-order chi connectivity index (χ1) is 10.1. The molecule has 2 rings (SSSR count). The Morgan fingerprint density at radius 3 is 2.67 bits per heavy atom. The molecule has 0 saturated heterocycles. The lowest BCUT2D eigenvalue weighted by Crippen LogP contribution is -2.18. The molecule has 1 aromatic heterocycles. The second-order valence-corrected chi connectivity index (χ2v) is 5.05. The molecule has 0 radical (unpaired) electrons. The van der Waals surface area contributed by atoms with E-state index in [1.54, 1.807) is 20.4 Å². The zero-order valence-corrected chi connectivity index (χ0v) is 13.0. The zero-order valence-electron chi connectivity index (χ0n) is 13.0. The van der Waals surface area contributed by atoms with Crippen molar-refractivity contribution in [2.45, 2.75) is 26.4 Å². The molecule has 1 atom stereocenters. The van der Waals surface area contributed by atoms with Crippen molar-refractivity contribution in [3.63, 3.8) is 0 Å². The van der Waals surface area contributed by atoms with Gasteiger partial charge < -0.3 is 14.8 Å². The number of aryl methyl sites for hydroxylation is 1. The number of benzene rings is 1. The Labute approximate surface area is 126 Å². The number of hydrogen-bond acceptors (Lipinski definition) is 4. The van der Waals surface area contributed by atoms with Crippen molar-refractivity contribution in [1.29, 1.82) is 0 Å². The van der Waals surface area contributed by atoms with Gasteiger partial charge in [-0.1, -0.05) is 12.1 Å². The first kappa shape index (κ1) is 15.3. The van der Waals surface area contributed by atoms with Crippen LogP contribution in [-0.4, -0.2) is 19.2 Å². The number of aromatic nitrogens is 1. The third-order valence-corrected chi connectivity index (χ3v) is 3.48. The monoisotopic (exact) mass is 286 g/mol. The fourth-order valence-electron chi connectivity index (χ4n) is 2.23. The van der Waals surface area contributed by atoms with Gasteiger partial charge in [-0.3, -0.25) is 0 Å². The molecule has 0 aliphatic carbocycles. The van der Waals surface area contributed by atoms with Crippen molar-refractivity contribution in [2.75, 3.05) is 14.2 Å². The number of nitrogens with one attached hydrogen (secondary N) is 1. The topological polar surface area (TPSA) is 43.4 Å². The average molecular weight is 286 g/mol. The van der Waals surface area contributed by atoms with Gasteiger partial charge in [0.2, 0.25) is 5.88 Å². The van der Waals surface area contributed by atoms with Crippen molar-refractivity contribution in [3.05, 3.63) is 53.2 Å². The molecule has 0 spiro atoms. The van der Waals surface area contributed by atoms with E-state index in [0.29, 0.717) is 5.88 Å². The molecular formula is C17H22N2O2. The summed E-state index contributed by atoms with van der Waals surface area (Å²) in [5.41, 5.74) is 3.49. The highest BCUT2D eigenvalue weighted by atomic mass is 16.5. The molecule has 1 N–H and O–H groups in total. The normalized spacial score (nSPS) is 12.0. The summed E-state index contributed by atoms with van der Waals surface area (Å²) in [7, 11) is 3.33. The van der Waals surface area contributed by atoms with Crippen molar-refractivity contribution >= 4 is 0 Å². The van der Waals surface area contributed by atoms with E-state index in [0.717, 1.165) is 23.4 Å². The smallest absolute Gasteiger partial charge is 0.213 e. The first-order valence-corrected chi connectivity index (χ1v) is 7.01. The van der Waals surface area contributed by atoms with Crippen LogP contribution < -0.4 is 14.8 Å². The number of methoxy groups -OCH3 is 2. The Morgan fingerprint density at radius 1 is 1.14 bits per heavy atom. The maximum absolute atomic E-state index is 5.47. The van der Waals surface area contributed by atoms with Crippen LogP contribution in [-0.2, 0) is 6.54 Å². The number of pyridine rings is 1. The maximum atomic E-state index is 5.47. The van der Waals surface area contributed by atoms with Gasteiger partial charge in [0, 0.05) is 30.4 Å². The van der Waals surface area contributed by atoms with E-state index in [9.17, 15) is 0 Å². The number of ether oxygens (including phenoxy) is 2. The molecule has 0 fully saturated rings. The molecule has 1 heterocycles. The standard InChI is InChI=1S/C17H22N2O2/c1-12-5-6-15(16(9-12)20-3)13(2)19-11-14-7-8-18-17(10-14)21-4/h5-10,13,19H,11H2,1-4H3. The third-order valence-electron chi connectivity index (χ3n) is 3.48. The van der Waals surface area contributed by atoms with Gasteiger partial charge in [0.15, 0.2) is 0 Å². The molecule has 0 aliphatic rings. The molecular weight excluding hydrogens is 264 g/mol. The number of rotatable bonds is 6. The van der Waals surface area contributed by atoms with Crippen LogP contribution in [0, 0.1) is 6.92 Å². The van der Waals surface area contributed by atoms with Crippen molar-refractivity contribution in [2.24, 2.45) is 0 Å². The minimum atomic E-state index is 0.194. The number of hydrogen-bond donors (Lipinski definition) is 1. The highest BCUT2D eigenvalue weighted by Gasteiger charge is 2.11. The van der Waals surface area contributed by atoms with Gasteiger partial charge in [0.05, 0.1) is 14.2 Å². The number of nitrogens with zero attached hydrogens (tertiary/aromatic N) is 1. The fraction of sp³-hybridized carbons (Fsp3) is 0.353. The lowest BCUT2D eigenvalue weighted by atomic mass is 10.0. The molecule has 0 saturated carbocycles. The molecule has 1 unspecified atom stereocenters. The highest BCUT2D eigenvalue weighted by Crippen LogP contribution is 2.26. The Bertz CT molecular complexity index is 599. The van der Waals surface area contributed by atoms with Crippen LogP contribution in [0.4, 0.5) is 0 Å². The third kappa shape index (κ3) is 3.95. The predicted molar refractivity (Wildman–Crippen MR) is 83.8 cm³/mol. The summed E-state index contributed by atoms with van der Waals surface area (Å²) in [6, 6.07) is 10.4. The van der Waals surface area contributed by atoms with E-state index < -0.39 is 0 Å². The van der Waals surface area contributed by atoms with E-state index in [1.807, 2.05) is 12.1 Å². The summed E-state index contributed by atoms with van der Waals surface area (Å²) in [6.07, 6.45) is 1.76. The average Bonchev–Trinajstić information content (AvgIpc) is 2.52. The highest BCUT2D eigenvalue weighted by molar-refractivity contribution is 5.39. The molecule has 0 aliphatic heterocycles. The molecule has 1 aromatic carbocycles. The Morgan fingerprint density at radius 2 is 1.95 bits per heavy atom. The molecule has 2 aromatic rings. The van der Waals surface area contributed by atoms with E-state index >= 15 is 0 Å². The molecule has 21 heavy (non-hydrogen) atoms. The fourth-order valence-corrected chi connectivity index (χ4v) is 2.23.